The van der Waals surface area contributed by atoms with Gasteiger partial charge in [0, 0.05) is 42.1 Å². The molecule has 0 spiro atoms. The minimum absolute atomic E-state index is 0.0106. The van der Waals surface area contributed by atoms with Crippen molar-refractivity contribution in [3.8, 4) is 0 Å². The number of benzene rings is 1. The van der Waals surface area contributed by atoms with E-state index in [0.29, 0.717) is 18.8 Å². The molecule has 2 heterocycles. The summed E-state index contributed by atoms with van der Waals surface area (Å²) in [4.78, 5) is 27.1. The first-order valence-electron chi connectivity index (χ1n) is 9.82. The number of carbonyl (C=O) groups excluding carboxylic acids is 1. The first-order chi connectivity index (χ1) is 13.3. The standard InChI is InChI=1S/C22H24F2N2O2/c1-22(23,24)15-6-4-14(5-7-15)18(12-16-8-11-20(27)25-16)19-10-9-17(13-2-3-13)21(28)26-19/h4-7,9-10,13,16,18H,2-3,8,11-12H2,1H3,(H,25,27)(H,26,28). The van der Waals surface area contributed by atoms with Crippen LogP contribution in [0.5, 0.6) is 0 Å². The van der Waals surface area contributed by atoms with Crippen molar-refractivity contribution in [1.29, 1.82) is 0 Å². The Labute approximate surface area is 162 Å². The fourth-order valence-electron chi connectivity index (χ4n) is 4.01. The summed E-state index contributed by atoms with van der Waals surface area (Å²) in [7, 11) is 0. The number of H-pyrrole nitrogens is 1. The molecule has 1 aliphatic heterocycles. The number of alkyl halides is 2. The summed E-state index contributed by atoms with van der Waals surface area (Å²) in [5.74, 6) is -2.68. The first-order valence-corrected chi connectivity index (χ1v) is 9.82. The van der Waals surface area contributed by atoms with Gasteiger partial charge in [-0.05, 0) is 43.2 Å². The average Bonchev–Trinajstić information content (AvgIpc) is 3.40. The molecule has 2 N–H and O–H groups in total. The van der Waals surface area contributed by atoms with Crippen LogP contribution in [0.1, 0.15) is 73.2 Å². The molecule has 4 rings (SSSR count). The Bertz CT molecular complexity index is 927. The highest BCUT2D eigenvalue weighted by atomic mass is 19.3. The number of nitrogens with one attached hydrogen (secondary N) is 2. The Hall–Kier alpha value is -2.50. The van der Waals surface area contributed by atoms with Gasteiger partial charge < -0.3 is 10.3 Å². The largest absolute Gasteiger partial charge is 0.353 e. The van der Waals surface area contributed by atoms with Crippen molar-refractivity contribution in [2.24, 2.45) is 0 Å². The average molecular weight is 386 g/mol. The summed E-state index contributed by atoms with van der Waals surface area (Å²) >= 11 is 0. The third kappa shape index (κ3) is 4.01. The minimum Gasteiger partial charge on any atom is -0.353 e. The van der Waals surface area contributed by atoms with Crippen LogP contribution in [-0.4, -0.2) is 16.9 Å². The molecule has 0 radical (unpaired) electrons. The van der Waals surface area contributed by atoms with Crippen LogP contribution in [0.4, 0.5) is 8.78 Å². The molecular formula is C22H24F2N2O2. The molecule has 1 amide bonds. The van der Waals surface area contributed by atoms with Gasteiger partial charge in [-0.15, -0.1) is 0 Å². The molecule has 4 nitrogen and oxygen atoms in total. The number of hydrogen-bond acceptors (Lipinski definition) is 2. The highest BCUT2D eigenvalue weighted by Gasteiger charge is 2.30. The molecular weight excluding hydrogens is 362 g/mol. The first kappa shape index (κ1) is 18.8. The summed E-state index contributed by atoms with van der Waals surface area (Å²) in [6.45, 7) is 0.877. The van der Waals surface area contributed by atoms with Crippen LogP contribution in [-0.2, 0) is 10.7 Å². The van der Waals surface area contributed by atoms with Crippen molar-refractivity contribution in [2.75, 3.05) is 0 Å². The lowest BCUT2D eigenvalue weighted by atomic mass is 9.87. The van der Waals surface area contributed by atoms with Gasteiger partial charge in [0.1, 0.15) is 0 Å². The highest BCUT2D eigenvalue weighted by molar-refractivity contribution is 5.78. The minimum atomic E-state index is -2.90. The van der Waals surface area contributed by atoms with E-state index in [4.69, 9.17) is 0 Å². The van der Waals surface area contributed by atoms with Gasteiger partial charge in [0.15, 0.2) is 0 Å². The maximum Gasteiger partial charge on any atom is 0.270 e. The van der Waals surface area contributed by atoms with Crippen molar-refractivity contribution in [3.63, 3.8) is 0 Å². The highest BCUT2D eigenvalue weighted by Crippen LogP contribution is 2.39. The number of halogens is 2. The normalized spacial score (nSPS) is 20.8. The van der Waals surface area contributed by atoms with Gasteiger partial charge in [0.25, 0.3) is 11.5 Å². The molecule has 2 aliphatic rings. The molecule has 148 valence electrons. The third-order valence-corrected chi connectivity index (χ3v) is 5.78. The molecule has 2 aromatic rings. The van der Waals surface area contributed by atoms with Gasteiger partial charge in [0.05, 0.1) is 0 Å². The fourth-order valence-corrected chi connectivity index (χ4v) is 4.01. The van der Waals surface area contributed by atoms with Crippen molar-refractivity contribution in [3.05, 3.63) is 69.1 Å². The summed E-state index contributed by atoms with van der Waals surface area (Å²) in [5, 5.41) is 2.96. The van der Waals surface area contributed by atoms with E-state index in [1.807, 2.05) is 12.1 Å². The Morgan fingerprint density at radius 3 is 2.32 bits per heavy atom. The fraction of sp³-hybridized carbons (Fsp3) is 0.455. The lowest BCUT2D eigenvalue weighted by Crippen LogP contribution is -2.28. The van der Waals surface area contributed by atoms with E-state index in [2.05, 4.69) is 10.3 Å². The van der Waals surface area contributed by atoms with E-state index in [1.165, 1.54) is 12.1 Å². The van der Waals surface area contributed by atoms with Crippen LogP contribution in [0.3, 0.4) is 0 Å². The van der Waals surface area contributed by atoms with E-state index < -0.39 is 5.92 Å². The maximum atomic E-state index is 13.6. The second-order valence-corrected chi connectivity index (χ2v) is 8.07. The molecule has 1 aromatic carbocycles. The molecule has 1 aliphatic carbocycles. The number of aromatic amines is 1. The molecule has 1 aromatic heterocycles. The SMILES string of the molecule is CC(F)(F)c1ccc(C(CC2CCC(=O)N2)c2ccc(C3CC3)c(=O)[nH]2)cc1. The molecule has 2 atom stereocenters. The number of rotatable bonds is 6. The Kier molecular flexibility index (Phi) is 4.81. The molecule has 1 saturated carbocycles. The quantitative estimate of drug-likeness (QED) is 0.783. The molecule has 0 bridgehead atoms. The van der Waals surface area contributed by atoms with Gasteiger partial charge >= 0.3 is 0 Å². The maximum absolute atomic E-state index is 13.6. The van der Waals surface area contributed by atoms with E-state index in [-0.39, 0.29) is 29.0 Å². The number of carbonyl (C=O) groups is 1. The van der Waals surface area contributed by atoms with Gasteiger partial charge in [-0.3, -0.25) is 9.59 Å². The zero-order valence-corrected chi connectivity index (χ0v) is 15.8. The molecule has 2 unspecified atom stereocenters. The van der Waals surface area contributed by atoms with Crippen molar-refractivity contribution >= 4 is 5.91 Å². The smallest absolute Gasteiger partial charge is 0.270 e. The monoisotopic (exact) mass is 386 g/mol. The molecule has 28 heavy (non-hydrogen) atoms. The van der Waals surface area contributed by atoms with E-state index in [1.54, 1.807) is 12.1 Å². The second kappa shape index (κ2) is 7.15. The number of amides is 1. The van der Waals surface area contributed by atoms with Crippen LogP contribution in [0, 0.1) is 0 Å². The summed E-state index contributed by atoms with van der Waals surface area (Å²) in [6.07, 6.45) is 3.95. The van der Waals surface area contributed by atoms with Crippen LogP contribution in [0.15, 0.2) is 41.2 Å². The van der Waals surface area contributed by atoms with Crippen LogP contribution in [0.2, 0.25) is 0 Å². The van der Waals surface area contributed by atoms with Crippen molar-refractivity contribution in [2.45, 2.75) is 62.8 Å². The molecule has 2 fully saturated rings. The summed E-state index contributed by atoms with van der Waals surface area (Å²) < 4.78 is 27.1. The number of pyridine rings is 1. The van der Waals surface area contributed by atoms with Crippen molar-refractivity contribution < 1.29 is 13.6 Å². The Morgan fingerprint density at radius 1 is 1.07 bits per heavy atom. The lowest BCUT2D eigenvalue weighted by Gasteiger charge is -2.22. The predicted octanol–water partition coefficient (Wildman–Crippen LogP) is 4.16. The zero-order chi connectivity index (χ0) is 19.9. The Balaban J connectivity index is 1.66. The topological polar surface area (TPSA) is 62.0 Å². The van der Waals surface area contributed by atoms with Crippen LogP contribution < -0.4 is 10.9 Å². The molecule has 1 saturated heterocycles. The lowest BCUT2D eigenvalue weighted by molar-refractivity contribution is -0.119. The van der Waals surface area contributed by atoms with Gasteiger partial charge in [-0.1, -0.05) is 30.3 Å². The van der Waals surface area contributed by atoms with Crippen LogP contribution in [0.25, 0.3) is 0 Å². The van der Waals surface area contributed by atoms with Crippen molar-refractivity contribution in [1.82, 2.24) is 10.3 Å². The van der Waals surface area contributed by atoms with Crippen LogP contribution >= 0.6 is 0 Å². The number of hydrogen-bond donors (Lipinski definition) is 2. The van der Waals surface area contributed by atoms with Gasteiger partial charge in [-0.25, -0.2) is 8.78 Å². The predicted molar refractivity (Wildman–Crippen MR) is 103 cm³/mol. The summed E-state index contributed by atoms with van der Waals surface area (Å²) in [6, 6.07) is 10.1. The van der Waals surface area contributed by atoms with Gasteiger partial charge in [0.2, 0.25) is 5.91 Å². The third-order valence-electron chi connectivity index (χ3n) is 5.78. The summed E-state index contributed by atoms with van der Waals surface area (Å²) in [5.41, 5.74) is 2.31. The Morgan fingerprint density at radius 2 is 1.79 bits per heavy atom. The molecule has 6 heteroatoms. The van der Waals surface area contributed by atoms with E-state index in [9.17, 15) is 18.4 Å². The van der Waals surface area contributed by atoms with E-state index >= 15 is 0 Å². The van der Waals surface area contributed by atoms with Gasteiger partial charge in [-0.2, -0.15) is 0 Å². The van der Waals surface area contributed by atoms with E-state index in [0.717, 1.165) is 43.0 Å². The second-order valence-electron chi connectivity index (χ2n) is 8.07. The number of aromatic nitrogens is 1. The zero-order valence-electron chi connectivity index (χ0n) is 15.8.